The summed E-state index contributed by atoms with van der Waals surface area (Å²) in [7, 11) is 1.52. The number of hydrogen-bond donors (Lipinski definition) is 2. The Morgan fingerprint density at radius 2 is 2.14 bits per heavy atom. The molecule has 6 heteroatoms. The number of carbonyl (C=O) groups excluding carboxylic acids is 2. The summed E-state index contributed by atoms with van der Waals surface area (Å²) in [6.45, 7) is 5.30. The summed E-state index contributed by atoms with van der Waals surface area (Å²) in [5, 5.41) is 5.10. The van der Waals surface area contributed by atoms with Crippen LogP contribution < -0.4 is 10.6 Å². The van der Waals surface area contributed by atoms with Crippen molar-refractivity contribution in [3.05, 3.63) is 36.2 Å². The van der Waals surface area contributed by atoms with Gasteiger partial charge in [0.05, 0.1) is 0 Å². The van der Waals surface area contributed by atoms with Gasteiger partial charge < -0.3 is 15.4 Å². The van der Waals surface area contributed by atoms with Crippen molar-refractivity contribution >= 4 is 18.1 Å². The van der Waals surface area contributed by atoms with E-state index in [9.17, 15) is 9.59 Å². The lowest BCUT2D eigenvalue weighted by atomic mass is 10.1. The third kappa shape index (κ3) is 6.88. The van der Waals surface area contributed by atoms with Crippen LogP contribution >= 0.6 is 0 Å². The summed E-state index contributed by atoms with van der Waals surface area (Å²) in [6, 6.07) is 3.04. The predicted molar refractivity (Wildman–Crippen MR) is 85.1 cm³/mol. The molecule has 2 N–H and O–H groups in total. The molecule has 0 fully saturated rings. The van der Waals surface area contributed by atoms with Gasteiger partial charge in [-0.1, -0.05) is 18.2 Å². The monoisotopic (exact) mass is 305 g/mol. The average molecular weight is 305 g/mol. The molecule has 0 aliphatic carbocycles. The number of amides is 2. The maximum atomic E-state index is 11.8. The Labute approximate surface area is 131 Å². The fourth-order valence-corrected chi connectivity index (χ4v) is 1.67. The van der Waals surface area contributed by atoms with Gasteiger partial charge in [-0.3, -0.25) is 9.78 Å². The lowest BCUT2D eigenvalue weighted by Gasteiger charge is -2.22. The van der Waals surface area contributed by atoms with E-state index in [0.29, 0.717) is 6.42 Å². The van der Waals surface area contributed by atoms with Crippen LogP contribution in [0.25, 0.3) is 6.08 Å². The Balaban J connectivity index is 2.63. The van der Waals surface area contributed by atoms with Crippen LogP contribution in [0.3, 0.4) is 0 Å². The minimum Gasteiger partial charge on any atom is -0.444 e. The topological polar surface area (TPSA) is 80.3 Å². The van der Waals surface area contributed by atoms with Gasteiger partial charge in [0.1, 0.15) is 11.6 Å². The molecule has 0 radical (unpaired) electrons. The standard InChI is InChI=1S/C16H23N3O3/c1-16(2,3)22-15(21)19-13(14(20)17-4)9-5-7-12-8-6-10-18-11-12/h5-8,10-11,13H,9H2,1-4H3,(H,17,20)(H,19,21)/b7-5+. The van der Waals surface area contributed by atoms with Gasteiger partial charge in [0, 0.05) is 19.4 Å². The molecular weight excluding hydrogens is 282 g/mol. The summed E-state index contributed by atoms with van der Waals surface area (Å²) in [5.41, 5.74) is 0.318. The molecule has 1 unspecified atom stereocenters. The zero-order valence-electron chi connectivity index (χ0n) is 13.4. The van der Waals surface area contributed by atoms with Crippen molar-refractivity contribution in [2.24, 2.45) is 0 Å². The van der Waals surface area contributed by atoms with Crippen LogP contribution in [-0.2, 0) is 9.53 Å². The number of nitrogens with zero attached hydrogens (tertiary/aromatic N) is 1. The van der Waals surface area contributed by atoms with Gasteiger partial charge in [-0.15, -0.1) is 0 Å². The van der Waals surface area contributed by atoms with E-state index in [1.807, 2.05) is 24.3 Å². The highest BCUT2D eigenvalue weighted by Gasteiger charge is 2.22. The summed E-state index contributed by atoms with van der Waals surface area (Å²) < 4.78 is 5.16. The second-order valence-electron chi connectivity index (χ2n) is 5.74. The first kappa shape index (κ1) is 17.7. The molecule has 0 aromatic carbocycles. The summed E-state index contributed by atoms with van der Waals surface area (Å²) in [6.07, 6.45) is 6.80. The highest BCUT2D eigenvalue weighted by molar-refractivity contribution is 5.85. The Morgan fingerprint density at radius 3 is 2.68 bits per heavy atom. The van der Waals surface area contributed by atoms with Crippen LogP contribution in [0.4, 0.5) is 4.79 Å². The first-order valence-electron chi connectivity index (χ1n) is 7.09. The van der Waals surface area contributed by atoms with Crippen LogP contribution in [0.2, 0.25) is 0 Å². The van der Waals surface area contributed by atoms with E-state index >= 15 is 0 Å². The number of aromatic nitrogens is 1. The van der Waals surface area contributed by atoms with E-state index in [0.717, 1.165) is 5.56 Å². The van der Waals surface area contributed by atoms with Crippen molar-refractivity contribution in [3.8, 4) is 0 Å². The predicted octanol–water partition coefficient (Wildman–Crippen LogP) is 2.12. The average Bonchev–Trinajstić information content (AvgIpc) is 2.44. The fourth-order valence-electron chi connectivity index (χ4n) is 1.67. The molecule has 1 rings (SSSR count). The maximum Gasteiger partial charge on any atom is 0.408 e. The Morgan fingerprint density at radius 1 is 1.41 bits per heavy atom. The number of rotatable bonds is 5. The van der Waals surface area contributed by atoms with Crippen molar-refractivity contribution in [3.63, 3.8) is 0 Å². The van der Waals surface area contributed by atoms with Crippen molar-refractivity contribution in [2.75, 3.05) is 7.05 Å². The Bertz CT molecular complexity index is 521. The smallest absolute Gasteiger partial charge is 0.408 e. The minimum absolute atomic E-state index is 0.276. The van der Waals surface area contributed by atoms with E-state index in [-0.39, 0.29) is 5.91 Å². The highest BCUT2D eigenvalue weighted by Crippen LogP contribution is 2.08. The molecule has 0 aliphatic heterocycles. The molecule has 22 heavy (non-hydrogen) atoms. The SMILES string of the molecule is CNC(=O)C(C/C=C/c1cccnc1)NC(=O)OC(C)(C)C. The van der Waals surface area contributed by atoms with Crippen LogP contribution in [0.1, 0.15) is 32.8 Å². The van der Waals surface area contributed by atoms with Gasteiger partial charge in [0.15, 0.2) is 0 Å². The van der Waals surface area contributed by atoms with Crippen molar-refractivity contribution in [2.45, 2.75) is 38.8 Å². The summed E-state index contributed by atoms with van der Waals surface area (Å²) in [5.74, 6) is -0.276. The van der Waals surface area contributed by atoms with Gasteiger partial charge >= 0.3 is 6.09 Å². The molecule has 0 bridgehead atoms. The fraction of sp³-hybridized carbons (Fsp3) is 0.438. The molecule has 1 heterocycles. The molecule has 120 valence electrons. The molecule has 0 saturated carbocycles. The number of likely N-dealkylation sites (N-methyl/N-ethyl adjacent to an activating group) is 1. The number of alkyl carbamates (subject to hydrolysis) is 1. The first-order chi connectivity index (χ1) is 10.3. The quantitative estimate of drug-likeness (QED) is 0.873. The third-order valence-electron chi connectivity index (χ3n) is 2.62. The minimum atomic E-state index is -0.687. The number of ether oxygens (including phenoxy) is 1. The molecule has 1 atom stereocenters. The van der Waals surface area contributed by atoms with Crippen LogP contribution in [0.5, 0.6) is 0 Å². The van der Waals surface area contributed by atoms with Gasteiger partial charge in [0.25, 0.3) is 0 Å². The maximum absolute atomic E-state index is 11.8. The Hall–Kier alpha value is -2.37. The lowest BCUT2D eigenvalue weighted by molar-refractivity contribution is -0.122. The van der Waals surface area contributed by atoms with Crippen molar-refractivity contribution < 1.29 is 14.3 Å². The third-order valence-corrected chi connectivity index (χ3v) is 2.62. The van der Waals surface area contributed by atoms with Gasteiger partial charge in [-0.25, -0.2) is 4.79 Å². The zero-order valence-corrected chi connectivity index (χ0v) is 13.4. The molecule has 6 nitrogen and oxygen atoms in total. The van der Waals surface area contributed by atoms with E-state index < -0.39 is 17.7 Å². The second kappa shape index (κ2) is 8.17. The highest BCUT2D eigenvalue weighted by atomic mass is 16.6. The molecule has 0 spiro atoms. The molecule has 0 aliphatic rings. The molecule has 0 saturated heterocycles. The van der Waals surface area contributed by atoms with Crippen molar-refractivity contribution in [1.29, 1.82) is 0 Å². The number of hydrogen-bond acceptors (Lipinski definition) is 4. The summed E-state index contributed by atoms with van der Waals surface area (Å²) in [4.78, 5) is 27.6. The van der Waals surface area contributed by atoms with Gasteiger partial charge in [0.2, 0.25) is 5.91 Å². The lowest BCUT2D eigenvalue weighted by Crippen LogP contribution is -2.47. The van der Waals surface area contributed by atoms with E-state index in [4.69, 9.17) is 4.74 Å². The van der Waals surface area contributed by atoms with Crippen LogP contribution in [0, 0.1) is 0 Å². The van der Waals surface area contributed by atoms with Crippen molar-refractivity contribution in [1.82, 2.24) is 15.6 Å². The van der Waals surface area contributed by atoms with Gasteiger partial charge in [-0.05, 0) is 38.8 Å². The normalized spacial score (nSPS) is 12.7. The number of nitrogens with one attached hydrogen (secondary N) is 2. The van der Waals surface area contributed by atoms with Crippen LogP contribution in [0.15, 0.2) is 30.6 Å². The largest absolute Gasteiger partial charge is 0.444 e. The van der Waals surface area contributed by atoms with Gasteiger partial charge in [-0.2, -0.15) is 0 Å². The number of carbonyl (C=O) groups is 2. The van der Waals surface area contributed by atoms with Crippen LogP contribution in [-0.4, -0.2) is 35.7 Å². The molecular formula is C16H23N3O3. The van der Waals surface area contributed by atoms with E-state index in [1.165, 1.54) is 7.05 Å². The summed E-state index contributed by atoms with van der Waals surface area (Å²) >= 11 is 0. The van der Waals surface area contributed by atoms with E-state index in [1.54, 1.807) is 33.2 Å². The number of pyridine rings is 1. The molecule has 1 aromatic heterocycles. The van der Waals surface area contributed by atoms with E-state index in [2.05, 4.69) is 15.6 Å². The molecule has 1 aromatic rings. The second-order valence-corrected chi connectivity index (χ2v) is 5.74. The Kier molecular flexibility index (Phi) is 6.56. The first-order valence-corrected chi connectivity index (χ1v) is 7.09. The zero-order chi connectivity index (χ0) is 16.6. The molecule has 2 amide bonds.